The molecule has 42 heavy (non-hydrogen) atoms. The third kappa shape index (κ3) is 3.48. The number of benzene rings is 3. The molecule has 0 radical (unpaired) electrons. The van der Waals surface area contributed by atoms with Gasteiger partial charge in [0, 0.05) is 17.5 Å². The van der Waals surface area contributed by atoms with E-state index in [2.05, 4.69) is 4.98 Å². The van der Waals surface area contributed by atoms with Crippen LogP contribution in [0.25, 0.3) is 11.0 Å². The Bertz CT molecular complexity index is 2070. The molecular formula is C31H19ClFN3O5S. The molecule has 1 unspecified atom stereocenters. The molecule has 8 nitrogen and oxygen atoms in total. The van der Waals surface area contributed by atoms with Gasteiger partial charge in [-0.25, -0.2) is 9.37 Å². The van der Waals surface area contributed by atoms with Gasteiger partial charge in [-0.05, 0) is 48.9 Å². The monoisotopic (exact) mass is 599 g/mol. The van der Waals surface area contributed by atoms with Crippen LogP contribution in [0.4, 0.5) is 15.2 Å². The second-order valence-electron chi connectivity index (χ2n) is 10.1. The number of para-hydroxylation sites is 1. The van der Waals surface area contributed by atoms with Crippen LogP contribution in [0.3, 0.4) is 0 Å². The van der Waals surface area contributed by atoms with Crippen molar-refractivity contribution in [3.63, 3.8) is 0 Å². The van der Waals surface area contributed by atoms with E-state index in [-0.39, 0.29) is 39.8 Å². The van der Waals surface area contributed by atoms with Gasteiger partial charge in [-0.1, -0.05) is 53.3 Å². The predicted octanol–water partition coefficient (Wildman–Crippen LogP) is 6.00. The van der Waals surface area contributed by atoms with Gasteiger partial charge in [0.1, 0.15) is 11.4 Å². The van der Waals surface area contributed by atoms with E-state index in [1.165, 1.54) is 17.9 Å². The Morgan fingerprint density at radius 3 is 2.52 bits per heavy atom. The Hall–Kier alpha value is -4.67. The fourth-order valence-corrected chi connectivity index (χ4v) is 7.01. The summed E-state index contributed by atoms with van der Waals surface area (Å²) in [6.07, 6.45) is 0. The third-order valence-electron chi connectivity index (χ3n) is 7.64. The number of hydrogen-bond donors (Lipinski definition) is 0. The number of ketones is 1. The first-order chi connectivity index (χ1) is 20.1. The summed E-state index contributed by atoms with van der Waals surface area (Å²) in [5, 5.41) is 0.478. The lowest BCUT2D eigenvalue weighted by Gasteiger charge is -2.32. The molecule has 1 spiro atoms. The van der Waals surface area contributed by atoms with Gasteiger partial charge in [-0.15, -0.1) is 0 Å². The summed E-state index contributed by atoms with van der Waals surface area (Å²) < 4.78 is 20.3. The van der Waals surface area contributed by atoms with Crippen LogP contribution in [0.5, 0.6) is 0 Å². The zero-order valence-corrected chi connectivity index (χ0v) is 23.7. The number of amides is 2. The molecule has 3 aromatic carbocycles. The van der Waals surface area contributed by atoms with Crippen LogP contribution in [-0.4, -0.2) is 22.6 Å². The number of nitrogens with zero attached hydrogens (tertiary/aromatic N) is 3. The summed E-state index contributed by atoms with van der Waals surface area (Å²) in [5.41, 5.74) is -0.983. The molecule has 2 amide bonds. The molecule has 2 aliphatic heterocycles. The standard InChI is InChI=1S/C31H19ClFN3O5S/c1-15-27(16(2)37)42-30(34-15)36-28(39)26-24(25(38)20-13-19(33)11-12-23(20)41-26)31(36)21-5-3-4-6-22(21)35(29(31)40)14-17-7-9-18(32)10-8-17/h3-13H,14H2,1-2H3. The van der Waals surface area contributed by atoms with E-state index in [9.17, 15) is 23.6 Å². The smallest absolute Gasteiger partial charge is 0.297 e. The van der Waals surface area contributed by atoms with Crippen LogP contribution in [-0.2, 0) is 16.9 Å². The first kappa shape index (κ1) is 26.2. The van der Waals surface area contributed by atoms with Crippen molar-refractivity contribution >= 4 is 62.3 Å². The van der Waals surface area contributed by atoms with Crippen molar-refractivity contribution in [2.45, 2.75) is 25.9 Å². The normalized spacial score (nSPS) is 17.4. The molecule has 0 fully saturated rings. The Kier molecular flexibility index (Phi) is 5.73. The number of carbonyl (C=O) groups excluding carboxylic acids is 3. The molecule has 0 bridgehead atoms. The quantitative estimate of drug-likeness (QED) is 0.235. The summed E-state index contributed by atoms with van der Waals surface area (Å²) in [6, 6.07) is 17.3. The van der Waals surface area contributed by atoms with Gasteiger partial charge < -0.3 is 9.32 Å². The first-order valence-electron chi connectivity index (χ1n) is 12.9. The highest BCUT2D eigenvalue weighted by molar-refractivity contribution is 7.17. The van der Waals surface area contributed by atoms with Crippen molar-refractivity contribution in [3.8, 4) is 0 Å². The summed E-state index contributed by atoms with van der Waals surface area (Å²) in [4.78, 5) is 63.3. The topological polar surface area (TPSA) is 101 Å². The highest BCUT2D eigenvalue weighted by atomic mass is 35.5. The second-order valence-corrected chi connectivity index (χ2v) is 11.5. The average Bonchev–Trinajstić information content (AvgIpc) is 3.55. The highest BCUT2D eigenvalue weighted by Gasteiger charge is 2.66. The zero-order chi connectivity index (χ0) is 29.5. The lowest BCUT2D eigenvalue weighted by Crippen LogP contribution is -2.53. The van der Waals surface area contributed by atoms with Crippen LogP contribution in [0.2, 0.25) is 5.02 Å². The second kappa shape index (κ2) is 9.17. The number of halogens is 2. The van der Waals surface area contributed by atoms with Crippen molar-refractivity contribution in [3.05, 3.63) is 121 Å². The van der Waals surface area contributed by atoms with Crippen LogP contribution < -0.4 is 15.2 Å². The van der Waals surface area contributed by atoms with Gasteiger partial charge in [0.2, 0.25) is 5.76 Å². The molecular weight excluding hydrogens is 581 g/mol. The Labute approximate surface area is 246 Å². The van der Waals surface area contributed by atoms with E-state index in [0.717, 1.165) is 33.9 Å². The zero-order valence-electron chi connectivity index (χ0n) is 22.1. The summed E-state index contributed by atoms with van der Waals surface area (Å²) in [6.45, 7) is 3.13. The minimum Gasteiger partial charge on any atom is -0.450 e. The van der Waals surface area contributed by atoms with Crippen LogP contribution >= 0.6 is 22.9 Å². The van der Waals surface area contributed by atoms with Crippen molar-refractivity contribution < 1.29 is 23.2 Å². The maximum Gasteiger partial charge on any atom is 0.297 e. The van der Waals surface area contributed by atoms with Crippen LogP contribution in [0.1, 0.15) is 49.5 Å². The number of aromatic nitrogens is 1. The third-order valence-corrected chi connectivity index (χ3v) is 9.13. The number of Topliss-reactive ketones (excluding diaryl/α,β-unsaturated/α-hetero) is 1. The Balaban J connectivity index is 1.56. The number of aryl methyl sites for hydroxylation is 1. The van der Waals surface area contributed by atoms with E-state index in [1.807, 2.05) is 0 Å². The van der Waals surface area contributed by atoms with E-state index in [1.54, 1.807) is 55.5 Å². The molecule has 0 saturated heterocycles. The summed E-state index contributed by atoms with van der Waals surface area (Å²) >= 11 is 7.03. The summed E-state index contributed by atoms with van der Waals surface area (Å²) in [5.74, 6) is -2.63. The Morgan fingerprint density at radius 1 is 1.07 bits per heavy atom. The first-order valence-corrected chi connectivity index (χ1v) is 14.1. The number of rotatable bonds is 4. The highest BCUT2D eigenvalue weighted by Crippen LogP contribution is 2.55. The molecule has 4 heterocycles. The number of hydrogen-bond acceptors (Lipinski definition) is 7. The molecule has 2 aromatic heterocycles. The van der Waals surface area contributed by atoms with Gasteiger partial charge in [0.25, 0.3) is 11.8 Å². The lowest BCUT2D eigenvalue weighted by atomic mass is 9.84. The average molecular weight is 600 g/mol. The maximum atomic E-state index is 14.9. The van der Waals surface area contributed by atoms with E-state index >= 15 is 0 Å². The molecule has 208 valence electrons. The molecule has 2 aliphatic rings. The maximum absolute atomic E-state index is 14.9. The Morgan fingerprint density at radius 2 is 1.81 bits per heavy atom. The van der Waals surface area contributed by atoms with Gasteiger partial charge in [-0.3, -0.25) is 24.1 Å². The van der Waals surface area contributed by atoms with E-state index in [4.69, 9.17) is 16.0 Å². The van der Waals surface area contributed by atoms with Crippen molar-refractivity contribution in [1.29, 1.82) is 0 Å². The van der Waals surface area contributed by atoms with E-state index in [0.29, 0.717) is 26.8 Å². The van der Waals surface area contributed by atoms with Gasteiger partial charge in [0.15, 0.2) is 21.9 Å². The van der Waals surface area contributed by atoms with Gasteiger partial charge >= 0.3 is 0 Å². The minimum absolute atomic E-state index is 0.00185. The number of anilines is 2. The fraction of sp³-hybridized carbons (Fsp3) is 0.129. The lowest BCUT2D eigenvalue weighted by molar-refractivity contribution is -0.121. The minimum atomic E-state index is -2.02. The van der Waals surface area contributed by atoms with Crippen molar-refractivity contribution in [1.82, 2.24) is 4.98 Å². The molecule has 11 heteroatoms. The van der Waals surface area contributed by atoms with Crippen molar-refractivity contribution in [2.75, 3.05) is 9.80 Å². The van der Waals surface area contributed by atoms with Gasteiger partial charge in [-0.2, -0.15) is 0 Å². The molecule has 0 aliphatic carbocycles. The molecule has 1 atom stereocenters. The molecule has 7 rings (SSSR count). The fourth-order valence-electron chi connectivity index (χ4n) is 5.87. The van der Waals surface area contributed by atoms with Crippen molar-refractivity contribution in [2.24, 2.45) is 0 Å². The summed E-state index contributed by atoms with van der Waals surface area (Å²) in [7, 11) is 0. The van der Waals surface area contributed by atoms with Crippen LogP contribution in [0.15, 0.2) is 75.9 Å². The van der Waals surface area contributed by atoms with E-state index < -0.39 is 28.6 Å². The largest absolute Gasteiger partial charge is 0.450 e. The number of carbonyl (C=O) groups is 3. The molecule has 5 aromatic rings. The molecule has 0 N–H and O–H groups in total. The number of fused-ring (bicyclic) bond motifs is 5. The number of thiazole rings is 1. The van der Waals surface area contributed by atoms with Crippen LogP contribution in [0, 0.1) is 12.7 Å². The van der Waals surface area contributed by atoms with Gasteiger partial charge in [0.05, 0.1) is 33.8 Å². The SMILES string of the molecule is CC(=O)c1sc(N2C(=O)c3oc4ccc(F)cc4c(=O)c3C23C(=O)N(Cc2ccc(Cl)cc2)c2ccccc23)nc1C. The molecule has 0 saturated carbocycles. The predicted molar refractivity (Wildman–Crippen MR) is 156 cm³/mol.